The van der Waals surface area contributed by atoms with Gasteiger partial charge < -0.3 is 0 Å². The summed E-state index contributed by atoms with van der Waals surface area (Å²) < 4.78 is 36.7. The molecule has 0 aliphatic rings. The van der Waals surface area contributed by atoms with Gasteiger partial charge in [-0.25, -0.2) is 12.8 Å². The van der Waals surface area contributed by atoms with Gasteiger partial charge in [-0.15, -0.1) is 23.2 Å². The van der Waals surface area contributed by atoms with Gasteiger partial charge in [0.05, 0.1) is 4.90 Å². The van der Waals surface area contributed by atoms with Crippen LogP contribution in [0.4, 0.5) is 4.39 Å². The lowest BCUT2D eigenvalue weighted by Crippen LogP contribution is -1.98. The highest BCUT2D eigenvalue weighted by Crippen LogP contribution is 2.35. The molecular formula is C15H13Cl2FO2S2. The molecule has 2 rings (SSSR count). The van der Waals surface area contributed by atoms with Crippen molar-refractivity contribution < 1.29 is 12.8 Å². The van der Waals surface area contributed by atoms with Crippen LogP contribution in [0, 0.1) is 5.82 Å². The minimum Gasteiger partial charge on any atom is -0.224 e. The third-order valence-corrected chi connectivity index (χ3v) is 5.90. The van der Waals surface area contributed by atoms with Crippen LogP contribution in [-0.2, 0) is 21.6 Å². The summed E-state index contributed by atoms with van der Waals surface area (Å²) in [5.41, 5.74) is 1.46. The Kier molecular flexibility index (Phi) is 5.77. The third-order valence-electron chi connectivity index (χ3n) is 3.00. The maximum absolute atomic E-state index is 13.3. The van der Waals surface area contributed by atoms with E-state index in [0.717, 1.165) is 21.6 Å². The van der Waals surface area contributed by atoms with Crippen LogP contribution >= 0.6 is 35.0 Å². The van der Waals surface area contributed by atoms with Crippen molar-refractivity contribution in [3.63, 3.8) is 0 Å². The molecule has 0 saturated heterocycles. The van der Waals surface area contributed by atoms with Crippen LogP contribution in [0.5, 0.6) is 0 Å². The van der Waals surface area contributed by atoms with Crippen molar-refractivity contribution in [1.29, 1.82) is 0 Å². The molecule has 0 unspecified atom stereocenters. The number of hydrogen-bond acceptors (Lipinski definition) is 3. The fourth-order valence-electron chi connectivity index (χ4n) is 1.84. The van der Waals surface area contributed by atoms with Gasteiger partial charge in [0.25, 0.3) is 0 Å². The minimum absolute atomic E-state index is 0.169. The predicted molar refractivity (Wildman–Crippen MR) is 89.2 cm³/mol. The van der Waals surface area contributed by atoms with E-state index in [1.54, 1.807) is 18.2 Å². The number of hydrogen-bond donors (Lipinski definition) is 0. The Labute approximate surface area is 143 Å². The zero-order chi connectivity index (χ0) is 16.3. The third kappa shape index (κ3) is 4.16. The van der Waals surface area contributed by atoms with E-state index in [1.807, 2.05) is 0 Å². The van der Waals surface area contributed by atoms with Crippen molar-refractivity contribution in [3.8, 4) is 0 Å². The largest absolute Gasteiger partial charge is 0.224 e. The Morgan fingerprint density at radius 1 is 1.00 bits per heavy atom. The monoisotopic (exact) mass is 378 g/mol. The second-order valence-corrected chi connectivity index (χ2v) is 8.30. The molecule has 0 amide bonds. The van der Waals surface area contributed by atoms with Crippen molar-refractivity contribution in [2.75, 3.05) is 6.26 Å². The van der Waals surface area contributed by atoms with Crippen molar-refractivity contribution in [3.05, 3.63) is 53.3 Å². The second kappa shape index (κ2) is 7.21. The lowest BCUT2D eigenvalue weighted by molar-refractivity contribution is 0.601. The van der Waals surface area contributed by atoms with E-state index in [-0.39, 0.29) is 22.5 Å². The summed E-state index contributed by atoms with van der Waals surface area (Å²) in [7, 11) is -3.31. The van der Waals surface area contributed by atoms with Gasteiger partial charge >= 0.3 is 0 Å². The lowest BCUT2D eigenvalue weighted by Gasteiger charge is -2.11. The first kappa shape index (κ1) is 17.6. The average Bonchev–Trinajstić information content (AvgIpc) is 2.48. The van der Waals surface area contributed by atoms with E-state index in [9.17, 15) is 12.8 Å². The molecule has 0 N–H and O–H groups in total. The van der Waals surface area contributed by atoms with Gasteiger partial charge in [-0.2, -0.15) is 0 Å². The zero-order valence-electron chi connectivity index (χ0n) is 11.6. The Bertz CT molecular complexity index is 792. The minimum atomic E-state index is -3.31. The first-order valence-corrected chi connectivity index (χ1v) is 10.0. The van der Waals surface area contributed by atoms with E-state index in [4.69, 9.17) is 23.2 Å². The molecule has 0 aliphatic heterocycles. The fourth-order valence-corrected chi connectivity index (χ4v) is 4.27. The van der Waals surface area contributed by atoms with Crippen LogP contribution in [-0.4, -0.2) is 14.7 Å². The molecule has 2 nitrogen and oxygen atoms in total. The van der Waals surface area contributed by atoms with Gasteiger partial charge in [-0.05, 0) is 41.5 Å². The van der Waals surface area contributed by atoms with Crippen molar-refractivity contribution >= 4 is 44.8 Å². The molecular weight excluding hydrogens is 366 g/mol. The summed E-state index contributed by atoms with van der Waals surface area (Å²) in [6, 6.07) is 9.15. The quantitative estimate of drug-likeness (QED) is 0.696. The van der Waals surface area contributed by atoms with Crippen LogP contribution in [0.2, 0.25) is 0 Å². The summed E-state index contributed by atoms with van der Waals surface area (Å²) in [5.74, 6) is 0.0636. The standard InChI is InChI=1S/C15H13Cl2FO2S2/c1-22(19,20)13-4-2-10(8-16)15(7-13)21-14-5-3-12(18)6-11(14)9-17/h2-7H,8-9H2,1H3. The fraction of sp³-hybridized carbons (Fsp3) is 0.200. The highest BCUT2D eigenvalue weighted by atomic mass is 35.5. The summed E-state index contributed by atoms with van der Waals surface area (Å²) in [6.07, 6.45) is 1.15. The van der Waals surface area contributed by atoms with Crippen LogP contribution in [0.25, 0.3) is 0 Å². The maximum atomic E-state index is 13.3. The second-order valence-electron chi connectivity index (χ2n) is 4.66. The number of benzene rings is 2. The zero-order valence-corrected chi connectivity index (χ0v) is 14.8. The molecule has 0 aliphatic carbocycles. The Morgan fingerprint density at radius 3 is 2.27 bits per heavy atom. The van der Waals surface area contributed by atoms with E-state index in [0.29, 0.717) is 5.56 Å². The molecule has 118 valence electrons. The van der Waals surface area contributed by atoms with Crippen molar-refractivity contribution in [2.24, 2.45) is 0 Å². The van der Waals surface area contributed by atoms with Gasteiger partial charge in [0.2, 0.25) is 0 Å². The van der Waals surface area contributed by atoms with Gasteiger partial charge in [-0.1, -0.05) is 17.8 Å². The van der Waals surface area contributed by atoms with Gasteiger partial charge in [0.1, 0.15) is 5.82 Å². The SMILES string of the molecule is CS(=O)(=O)c1ccc(CCl)c(Sc2ccc(F)cc2CCl)c1. The van der Waals surface area contributed by atoms with Crippen LogP contribution < -0.4 is 0 Å². The molecule has 0 bridgehead atoms. The first-order chi connectivity index (χ1) is 10.3. The summed E-state index contributed by atoms with van der Waals surface area (Å²) >= 11 is 13.1. The Morgan fingerprint density at radius 2 is 1.68 bits per heavy atom. The summed E-state index contributed by atoms with van der Waals surface area (Å²) in [5, 5.41) is 0. The highest BCUT2D eigenvalue weighted by Gasteiger charge is 2.13. The van der Waals surface area contributed by atoms with Crippen LogP contribution in [0.15, 0.2) is 51.1 Å². The highest BCUT2D eigenvalue weighted by molar-refractivity contribution is 7.99. The number of alkyl halides is 2. The summed E-state index contributed by atoms with van der Waals surface area (Å²) in [4.78, 5) is 1.71. The molecule has 0 aromatic heterocycles. The molecule has 22 heavy (non-hydrogen) atoms. The average molecular weight is 379 g/mol. The molecule has 0 radical (unpaired) electrons. The number of rotatable bonds is 5. The molecule has 2 aromatic rings. The summed E-state index contributed by atoms with van der Waals surface area (Å²) in [6.45, 7) is 0. The Hall–Kier alpha value is -0.750. The Balaban J connectivity index is 2.48. The maximum Gasteiger partial charge on any atom is 0.175 e. The van der Waals surface area contributed by atoms with E-state index < -0.39 is 9.84 Å². The molecule has 0 atom stereocenters. The van der Waals surface area contributed by atoms with E-state index in [2.05, 4.69) is 0 Å². The molecule has 0 spiro atoms. The molecule has 2 aromatic carbocycles. The van der Waals surface area contributed by atoms with E-state index in [1.165, 1.54) is 30.0 Å². The number of halogens is 3. The normalized spacial score (nSPS) is 11.6. The number of sulfone groups is 1. The van der Waals surface area contributed by atoms with E-state index >= 15 is 0 Å². The first-order valence-electron chi connectivity index (χ1n) is 6.26. The lowest BCUT2D eigenvalue weighted by atomic mass is 10.2. The van der Waals surface area contributed by atoms with Gasteiger partial charge in [0, 0.05) is 27.8 Å². The molecule has 0 fully saturated rings. The molecule has 0 heterocycles. The van der Waals surface area contributed by atoms with Gasteiger partial charge in [-0.3, -0.25) is 0 Å². The topological polar surface area (TPSA) is 34.1 Å². The molecule has 0 saturated carbocycles. The predicted octanol–water partition coefficient (Wildman–Crippen LogP) is 4.86. The van der Waals surface area contributed by atoms with Crippen LogP contribution in [0.3, 0.4) is 0 Å². The van der Waals surface area contributed by atoms with Crippen molar-refractivity contribution in [1.82, 2.24) is 0 Å². The van der Waals surface area contributed by atoms with Gasteiger partial charge in [0.15, 0.2) is 9.84 Å². The molecule has 7 heteroatoms. The van der Waals surface area contributed by atoms with Crippen LogP contribution in [0.1, 0.15) is 11.1 Å². The van der Waals surface area contributed by atoms with Crippen molar-refractivity contribution in [2.45, 2.75) is 26.4 Å². The smallest absolute Gasteiger partial charge is 0.175 e.